The van der Waals surface area contributed by atoms with Gasteiger partial charge in [0.1, 0.15) is 6.04 Å². The Balaban J connectivity index is 0.00000139. The van der Waals surface area contributed by atoms with Crippen molar-refractivity contribution >= 4 is 33.5 Å². The van der Waals surface area contributed by atoms with Gasteiger partial charge in [-0.1, -0.05) is 76.3 Å². The van der Waals surface area contributed by atoms with Crippen LogP contribution in [0.3, 0.4) is 0 Å². The summed E-state index contributed by atoms with van der Waals surface area (Å²) in [7, 11) is -1.37. The minimum Gasteiger partial charge on any atom is -0.480 e. The Morgan fingerprint density at radius 2 is 1.77 bits per heavy atom. The fraction of sp³-hybridized carbons (Fsp3) is 0.514. The average Bonchev–Trinajstić information content (AvgIpc) is 3.54. The van der Waals surface area contributed by atoms with Crippen molar-refractivity contribution in [3.05, 3.63) is 83.0 Å². The second-order valence-corrected chi connectivity index (χ2v) is 13.9. The molecule has 2 unspecified atom stereocenters. The maximum Gasteiger partial charge on any atom is 0.326 e. The predicted octanol–water partition coefficient (Wildman–Crippen LogP) is 7.42. The molecule has 2 aromatic rings. The fourth-order valence-electron chi connectivity index (χ4n) is 4.87. The van der Waals surface area contributed by atoms with Gasteiger partial charge in [-0.05, 0) is 92.1 Å². The number of aliphatic carboxylic acids is 1. The standard InChI is InChI=1S/C25H32N2O5S2.C8H14O.2C2H6/c1-17-6-4-5-7-20(17)22-14-18(15-27-12-10-19(16-27)34(3,31)32)8-9-21(22)24(28)26-23(25(29)30)11-13-33-2;1-4-6-8(5-2)7-9-3;2*1-2/h4-9,14,19,23H,10-13,15-16H2,1-3H3,(H,26,28)(H,29,30);4-6H,7H2,1-3H3;2*1-2H3/b;6-4-,8-5+;;. The Bertz CT molecular complexity index is 1390. The predicted molar refractivity (Wildman–Crippen MR) is 200 cm³/mol. The van der Waals surface area contributed by atoms with Crippen LogP contribution in [0.2, 0.25) is 0 Å². The van der Waals surface area contributed by atoms with Gasteiger partial charge in [0.15, 0.2) is 9.84 Å². The largest absolute Gasteiger partial charge is 0.480 e. The van der Waals surface area contributed by atoms with Crippen molar-refractivity contribution in [1.29, 1.82) is 0 Å². The molecule has 1 aliphatic heterocycles. The van der Waals surface area contributed by atoms with Crippen LogP contribution in [-0.4, -0.2) is 86.7 Å². The van der Waals surface area contributed by atoms with E-state index >= 15 is 0 Å². The molecule has 2 atom stereocenters. The third-order valence-electron chi connectivity index (χ3n) is 7.28. The Morgan fingerprint density at radius 1 is 1.11 bits per heavy atom. The topological polar surface area (TPSA) is 113 Å². The zero-order chi connectivity index (χ0) is 36.0. The third kappa shape index (κ3) is 15.7. The molecule has 0 aliphatic carbocycles. The van der Waals surface area contributed by atoms with Crippen molar-refractivity contribution < 1.29 is 27.9 Å². The highest BCUT2D eigenvalue weighted by atomic mass is 32.2. The van der Waals surface area contributed by atoms with Crippen molar-refractivity contribution in [2.24, 2.45) is 0 Å². The van der Waals surface area contributed by atoms with E-state index in [1.54, 1.807) is 13.2 Å². The van der Waals surface area contributed by atoms with Crippen molar-refractivity contribution in [1.82, 2.24) is 10.2 Å². The lowest BCUT2D eigenvalue weighted by molar-refractivity contribution is -0.139. The first-order valence-corrected chi connectivity index (χ1v) is 19.7. The highest BCUT2D eigenvalue weighted by Crippen LogP contribution is 2.29. The molecule has 47 heavy (non-hydrogen) atoms. The maximum atomic E-state index is 13.2. The number of hydrogen-bond acceptors (Lipinski definition) is 7. The molecule has 0 radical (unpaired) electrons. The number of thioether (sulfide) groups is 1. The molecule has 2 aromatic carbocycles. The normalized spacial score (nSPS) is 15.4. The Hall–Kier alpha value is -2.92. The molecule has 0 spiro atoms. The highest BCUT2D eigenvalue weighted by molar-refractivity contribution is 7.98. The lowest BCUT2D eigenvalue weighted by Crippen LogP contribution is -2.41. The highest BCUT2D eigenvalue weighted by Gasteiger charge is 2.30. The summed E-state index contributed by atoms with van der Waals surface area (Å²) in [6.07, 6.45) is 10.2. The number of amides is 1. The summed E-state index contributed by atoms with van der Waals surface area (Å²) in [5.74, 6) is -0.840. The molecule has 0 saturated carbocycles. The van der Waals surface area contributed by atoms with Gasteiger partial charge in [0, 0.05) is 32.0 Å². The van der Waals surface area contributed by atoms with Gasteiger partial charge in [-0.3, -0.25) is 9.69 Å². The number of likely N-dealkylation sites (tertiary alicyclic amines) is 1. The summed E-state index contributed by atoms with van der Waals surface area (Å²) in [6.45, 7) is 16.5. The SMILES string of the molecule is C/C=C\C(=C/C)COC.CC.CC.CSCCC(NC(=O)c1ccc(CN2CCC(S(C)(=O)=O)C2)cc1-c1ccccc1C)C(=O)O. The summed E-state index contributed by atoms with van der Waals surface area (Å²) in [4.78, 5) is 26.9. The van der Waals surface area contributed by atoms with E-state index in [9.17, 15) is 23.1 Å². The van der Waals surface area contributed by atoms with Crippen molar-refractivity contribution in [3.8, 4) is 11.1 Å². The van der Waals surface area contributed by atoms with E-state index < -0.39 is 27.8 Å². The minimum absolute atomic E-state index is 0.344. The number of carbonyl (C=O) groups excluding carboxylic acids is 1. The molecule has 1 aliphatic rings. The number of allylic oxidation sites excluding steroid dienone is 2. The molecular formula is C37H58N2O6S2. The van der Waals surface area contributed by atoms with Gasteiger partial charge in [-0.2, -0.15) is 11.8 Å². The quantitative estimate of drug-likeness (QED) is 0.209. The lowest BCUT2D eigenvalue weighted by atomic mass is 9.93. The second kappa shape index (κ2) is 24.3. The molecule has 0 aromatic heterocycles. The van der Waals surface area contributed by atoms with E-state index in [1.807, 2.05) is 109 Å². The van der Waals surface area contributed by atoms with Crippen molar-refractivity contribution in [3.63, 3.8) is 0 Å². The number of benzene rings is 2. The zero-order valence-electron chi connectivity index (χ0n) is 30.1. The average molecular weight is 691 g/mol. The van der Waals surface area contributed by atoms with Gasteiger partial charge in [0.2, 0.25) is 0 Å². The number of ether oxygens (including phenoxy) is 1. The zero-order valence-corrected chi connectivity index (χ0v) is 31.8. The van der Waals surface area contributed by atoms with Crippen molar-refractivity contribution in [2.75, 3.05) is 45.1 Å². The van der Waals surface area contributed by atoms with Crippen LogP contribution in [0.5, 0.6) is 0 Å². The number of nitrogens with one attached hydrogen (secondary N) is 1. The van der Waals surface area contributed by atoms with Gasteiger partial charge in [0.25, 0.3) is 5.91 Å². The van der Waals surface area contributed by atoms with E-state index in [0.717, 1.165) is 22.3 Å². The summed E-state index contributed by atoms with van der Waals surface area (Å²) in [6, 6.07) is 12.4. The Morgan fingerprint density at radius 3 is 2.28 bits per heavy atom. The number of hydrogen-bond donors (Lipinski definition) is 2. The van der Waals surface area contributed by atoms with Gasteiger partial charge in [0.05, 0.1) is 11.9 Å². The number of sulfone groups is 1. The first-order valence-electron chi connectivity index (χ1n) is 16.3. The van der Waals surface area contributed by atoms with E-state index in [2.05, 4.69) is 10.2 Å². The van der Waals surface area contributed by atoms with E-state index in [-0.39, 0.29) is 5.25 Å². The van der Waals surface area contributed by atoms with E-state index in [0.29, 0.717) is 50.4 Å². The number of methoxy groups -OCH3 is 1. The molecule has 3 rings (SSSR count). The van der Waals surface area contributed by atoms with Crippen LogP contribution in [0.15, 0.2) is 66.3 Å². The minimum atomic E-state index is -3.07. The first kappa shape index (κ1) is 44.1. The van der Waals surface area contributed by atoms with Crippen LogP contribution in [0.4, 0.5) is 0 Å². The summed E-state index contributed by atoms with van der Waals surface area (Å²) in [5, 5.41) is 11.9. The third-order valence-corrected chi connectivity index (χ3v) is 9.52. The lowest BCUT2D eigenvalue weighted by Gasteiger charge is -2.20. The Labute approximate surface area is 289 Å². The molecule has 10 heteroatoms. The smallest absolute Gasteiger partial charge is 0.326 e. The number of carboxylic acids is 1. The summed E-state index contributed by atoms with van der Waals surface area (Å²) >= 11 is 1.53. The maximum absolute atomic E-state index is 13.2. The van der Waals surface area contributed by atoms with Crippen LogP contribution in [0.1, 0.15) is 75.9 Å². The number of nitrogens with zero attached hydrogens (tertiary/aromatic N) is 1. The van der Waals surface area contributed by atoms with Crippen LogP contribution in [-0.2, 0) is 25.9 Å². The van der Waals surface area contributed by atoms with Crippen LogP contribution in [0, 0.1) is 6.92 Å². The summed E-state index contributed by atoms with van der Waals surface area (Å²) in [5.41, 5.74) is 5.26. The van der Waals surface area contributed by atoms with Gasteiger partial charge < -0.3 is 15.2 Å². The van der Waals surface area contributed by atoms with Gasteiger partial charge in [-0.25, -0.2) is 13.2 Å². The number of rotatable bonds is 13. The molecule has 2 N–H and O–H groups in total. The molecule has 1 saturated heterocycles. The monoisotopic (exact) mass is 690 g/mol. The number of carboxylic acid groups (broad SMARTS) is 1. The van der Waals surface area contributed by atoms with E-state index in [4.69, 9.17) is 4.74 Å². The molecule has 0 bridgehead atoms. The molecule has 1 fully saturated rings. The molecule has 264 valence electrons. The van der Waals surface area contributed by atoms with Crippen LogP contribution >= 0.6 is 11.8 Å². The molecule has 1 heterocycles. The fourth-order valence-corrected chi connectivity index (χ4v) is 6.36. The number of carbonyl (C=O) groups is 2. The van der Waals surface area contributed by atoms with Crippen LogP contribution in [0.25, 0.3) is 11.1 Å². The second-order valence-electron chi connectivity index (χ2n) is 10.6. The van der Waals surface area contributed by atoms with Gasteiger partial charge >= 0.3 is 5.97 Å². The van der Waals surface area contributed by atoms with Crippen molar-refractivity contribution in [2.45, 2.75) is 79.1 Å². The molecule has 8 nitrogen and oxygen atoms in total. The van der Waals surface area contributed by atoms with Crippen LogP contribution < -0.4 is 5.32 Å². The Kier molecular flexibility index (Phi) is 22.7. The molecule has 1 amide bonds. The first-order chi connectivity index (χ1) is 22.4. The summed E-state index contributed by atoms with van der Waals surface area (Å²) < 4.78 is 28.8. The molecular weight excluding hydrogens is 633 g/mol. The van der Waals surface area contributed by atoms with Gasteiger partial charge in [-0.15, -0.1) is 0 Å². The van der Waals surface area contributed by atoms with E-state index in [1.165, 1.54) is 23.6 Å². The number of aryl methyl sites for hydroxylation is 1.